The zero-order chi connectivity index (χ0) is 17.0. The molecule has 0 fully saturated rings. The molecule has 0 radical (unpaired) electrons. The number of benzene rings is 2. The number of sulfone groups is 1. The van der Waals surface area contributed by atoms with Gasteiger partial charge in [-0.3, -0.25) is 0 Å². The van der Waals surface area contributed by atoms with E-state index in [-0.39, 0.29) is 11.7 Å². The van der Waals surface area contributed by atoms with Crippen molar-refractivity contribution < 1.29 is 17.9 Å². The average molecular weight is 343 g/mol. The fourth-order valence-electron chi connectivity index (χ4n) is 2.15. The molecule has 24 heavy (non-hydrogen) atoms. The molecule has 0 saturated heterocycles. The summed E-state index contributed by atoms with van der Waals surface area (Å²) in [5, 5.41) is 15.2. The van der Waals surface area contributed by atoms with Gasteiger partial charge in [0.15, 0.2) is 6.79 Å². The first-order valence-corrected chi connectivity index (χ1v) is 8.59. The molecule has 2 aromatic rings. The topological polar surface area (TPSA) is 101 Å². The van der Waals surface area contributed by atoms with Crippen LogP contribution in [0.5, 0.6) is 5.75 Å². The molecule has 1 heterocycles. The van der Waals surface area contributed by atoms with Crippen molar-refractivity contribution in [2.45, 2.75) is 16.9 Å². The normalized spacial score (nSPS) is 15.3. The smallest absolute Gasteiger partial charge is 0.261 e. The molecule has 7 nitrogen and oxygen atoms in total. The van der Waals surface area contributed by atoms with Gasteiger partial charge in [0.1, 0.15) is 11.8 Å². The first kappa shape index (κ1) is 16.1. The van der Waals surface area contributed by atoms with Crippen LogP contribution < -0.4 is 4.74 Å². The number of nitriles is 1. The molecular formula is C16H13N3O4S. The van der Waals surface area contributed by atoms with E-state index in [0.717, 1.165) is 5.56 Å². The van der Waals surface area contributed by atoms with Crippen LogP contribution in [0.3, 0.4) is 0 Å². The van der Waals surface area contributed by atoms with E-state index in [1.807, 2.05) is 0 Å². The van der Waals surface area contributed by atoms with Crippen LogP contribution >= 0.6 is 0 Å². The van der Waals surface area contributed by atoms with E-state index < -0.39 is 15.2 Å². The summed E-state index contributed by atoms with van der Waals surface area (Å²) in [7, 11) is -3.91. The van der Waals surface area contributed by atoms with Gasteiger partial charge in [-0.05, 0) is 30.3 Å². The number of hydrogen-bond acceptors (Lipinski definition) is 7. The van der Waals surface area contributed by atoms with E-state index in [2.05, 4.69) is 10.2 Å². The van der Waals surface area contributed by atoms with Crippen LogP contribution in [0.15, 0.2) is 63.7 Å². The second-order valence-corrected chi connectivity index (χ2v) is 6.97. The maximum absolute atomic E-state index is 12.4. The van der Waals surface area contributed by atoms with Gasteiger partial charge in [-0.25, -0.2) is 8.42 Å². The quantitative estimate of drug-likeness (QED) is 0.794. The summed E-state index contributed by atoms with van der Waals surface area (Å²) in [4.78, 5) is 0.0303. The number of hydrogen-bond donors (Lipinski definition) is 0. The molecule has 2 aromatic carbocycles. The molecule has 0 saturated carbocycles. The van der Waals surface area contributed by atoms with E-state index in [1.54, 1.807) is 42.5 Å². The summed E-state index contributed by atoms with van der Waals surface area (Å²) in [6.07, 6.45) is 0. The monoisotopic (exact) mass is 343 g/mol. The molecule has 1 aliphatic heterocycles. The highest BCUT2D eigenvalue weighted by Gasteiger charge is 2.27. The highest BCUT2D eigenvalue weighted by molar-refractivity contribution is 7.92. The molecule has 1 aliphatic rings. The Morgan fingerprint density at radius 1 is 1.17 bits per heavy atom. The summed E-state index contributed by atoms with van der Waals surface area (Å²) in [5.41, 5.74) is 1.21. The van der Waals surface area contributed by atoms with Gasteiger partial charge >= 0.3 is 0 Å². The van der Waals surface area contributed by atoms with Gasteiger partial charge in [0.2, 0.25) is 9.84 Å². The predicted molar refractivity (Wildman–Crippen MR) is 84.3 cm³/mol. The Kier molecular flexibility index (Phi) is 4.55. The lowest BCUT2D eigenvalue weighted by molar-refractivity contribution is -0.0163. The van der Waals surface area contributed by atoms with E-state index >= 15 is 0 Å². The molecule has 0 N–H and O–H groups in total. The van der Waals surface area contributed by atoms with E-state index in [1.165, 1.54) is 12.1 Å². The fourth-order valence-corrected chi connectivity index (χ4v) is 3.26. The molecule has 1 atom stereocenters. The van der Waals surface area contributed by atoms with Crippen LogP contribution in [-0.4, -0.2) is 20.6 Å². The van der Waals surface area contributed by atoms with E-state index in [9.17, 15) is 13.7 Å². The Morgan fingerprint density at radius 3 is 2.71 bits per heavy atom. The molecule has 1 unspecified atom stereocenters. The molecule has 0 bridgehead atoms. The number of rotatable bonds is 4. The van der Waals surface area contributed by atoms with Crippen molar-refractivity contribution in [2.75, 3.05) is 6.79 Å². The lowest BCUT2D eigenvalue weighted by atomic mass is 10.2. The molecule has 3 rings (SSSR count). The minimum atomic E-state index is -3.91. The summed E-state index contributed by atoms with van der Waals surface area (Å²) >= 11 is 0. The minimum absolute atomic E-state index is 0.0303. The lowest BCUT2D eigenvalue weighted by Crippen LogP contribution is -2.16. The van der Waals surface area contributed by atoms with Crippen molar-refractivity contribution in [2.24, 2.45) is 10.2 Å². The van der Waals surface area contributed by atoms with Crippen molar-refractivity contribution in [1.29, 1.82) is 5.26 Å². The molecule has 8 heteroatoms. The summed E-state index contributed by atoms with van der Waals surface area (Å²) in [6.45, 7) is 0.572. The molecular weight excluding hydrogens is 330 g/mol. The molecule has 0 aliphatic carbocycles. The van der Waals surface area contributed by atoms with Gasteiger partial charge in [0.25, 0.3) is 5.37 Å². The average Bonchev–Trinajstić information content (AvgIpc) is 2.62. The van der Waals surface area contributed by atoms with Gasteiger partial charge < -0.3 is 9.47 Å². The van der Waals surface area contributed by atoms with Crippen molar-refractivity contribution in [3.05, 3.63) is 54.1 Å². The second kappa shape index (κ2) is 6.78. The Bertz CT molecular complexity index is 905. The highest BCUT2D eigenvalue weighted by atomic mass is 32.2. The maximum atomic E-state index is 12.4. The first-order chi connectivity index (χ1) is 11.6. The van der Waals surface area contributed by atoms with Gasteiger partial charge in [-0.15, -0.1) is 0 Å². The van der Waals surface area contributed by atoms with Gasteiger partial charge in [0, 0.05) is 5.56 Å². The van der Waals surface area contributed by atoms with Gasteiger partial charge in [-0.1, -0.05) is 18.2 Å². The molecule has 0 amide bonds. The van der Waals surface area contributed by atoms with E-state index in [4.69, 9.17) is 9.47 Å². The SMILES string of the molecule is N#CC(N=Nc1ccc2c(c1)COCO2)S(=O)(=O)c1ccccc1. The van der Waals surface area contributed by atoms with Gasteiger partial charge in [-0.2, -0.15) is 15.5 Å². The number of azo groups is 1. The van der Waals surface area contributed by atoms with Crippen LogP contribution in [0.4, 0.5) is 5.69 Å². The summed E-state index contributed by atoms with van der Waals surface area (Å²) in [6, 6.07) is 14.4. The van der Waals surface area contributed by atoms with Crippen molar-refractivity contribution >= 4 is 15.5 Å². The minimum Gasteiger partial charge on any atom is -0.467 e. The summed E-state index contributed by atoms with van der Waals surface area (Å²) < 4.78 is 35.3. The standard InChI is InChI=1S/C16H13N3O4S/c17-9-16(24(20,21)14-4-2-1-3-5-14)19-18-13-6-7-15-12(8-13)10-22-11-23-15/h1-8,16H,10-11H2. The number of nitrogens with zero attached hydrogens (tertiary/aromatic N) is 3. The van der Waals surface area contributed by atoms with Crippen LogP contribution in [0.25, 0.3) is 0 Å². The third-order valence-corrected chi connectivity index (χ3v) is 5.07. The fraction of sp³-hybridized carbons (Fsp3) is 0.188. The Morgan fingerprint density at radius 2 is 1.96 bits per heavy atom. The van der Waals surface area contributed by atoms with Crippen LogP contribution in [0.1, 0.15) is 5.56 Å². The van der Waals surface area contributed by atoms with Gasteiger partial charge in [0.05, 0.1) is 17.2 Å². The largest absolute Gasteiger partial charge is 0.467 e. The Hall–Kier alpha value is -2.76. The van der Waals surface area contributed by atoms with Crippen LogP contribution in [0, 0.1) is 11.3 Å². The molecule has 122 valence electrons. The Labute approximate surface area is 139 Å². The second-order valence-electron chi connectivity index (χ2n) is 4.96. The van der Waals surface area contributed by atoms with E-state index in [0.29, 0.717) is 18.0 Å². The Balaban J connectivity index is 1.86. The van der Waals surface area contributed by atoms with Crippen molar-refractivity contribution in [3.63, 3.8) is 0 Å². The predicted octanol–water partition coefficient (Wildman–Crippen LogP) is 2.96. The molecule has 0 spiro atoms. The highest BCUT2D eigenvalue weighted by Crippen LogP contribution is 2.28. The van der Waals surface area contributed by atoms with Crippen LogP contribution in [-0.2, 0) is 21.2 Å². The third kappa shape index (κ3) is 3.27. The zero-order valence-corrected chi connectivity index (χ0v) is 13.3. The number of ether oxygens (including phenoxy) is 2. The maximum Gasteiger partial charge on any atom is 0.261 e. The summed E-state index contributed by atoms with van der Waals surface area (Å²) in [5.74, 6) is 0.689. The van der Waals surface area contributed by atoms with Crippen molar-refractivity contribution in [1.82, 2.24) is 0 Å². The number of fused-ring (bicyclic) bond motifs is 1. The zero-order valence-electron chi connectivity index (χ0n) is 12.5. The lowest BCUT2D eigenvalue weighted by Gasteiger charge is -2.17. The first-order valence-electron chi connectivity index (χ1n) is 7.04. The van der Waals surface area contributed by atoms with Crippen molar-refractivity contribution in [3.8, 4) is 11.8 Å². The van der Waals surface area contributed by atoms with Crippen LogP contribution in [0.2, 0.25) is 0 Å². The molecule has 0 aromatic heterocycles. The third-order valence-electron chi connectivity index (χ3n) is 3.35.